The van der Waals surface area contributed by atoms with Crippen molar-refractivity contribution in [3.05, 3.63) is 29.3 Å². The summed E-state index contributed by atoms with van der Waals surface area (Å²) in [6, 6.07) is 5.77. The Balaban J connectivity index is 1.23. The highest BCUT2D eigenvalue weighted by molar-refractivity contribution is 5.80. The lowest BCUT2D eigenvalue weighted by atomic mass is 9.56. The average molecular weight is 454 g/mol. The number of piperidine rings is 2. The Morgan fingerprint density at radius 3 is 2.73 bits per heavy atom. The van der Waals surface area contributed by atoms with Crippen LogP contribution in [0.5, 0.6) is 5.75 Å². The maximum atomic E-state index is 13.3. The minimum Gasteiger partial charge on any atom is -0.508 e. The lowest BCUT2D eigenvalue weighted by Gasteiger charge is -2.59. The summed E-state index contributed by atoms with van der Waals surface area (Å²) in [6.45, 7) is 5.94. The molecule has 2 heterocycles. The summed E-state index contributed by atoms with van der Waals surface area (Å²) in [7, 11) is 0. The van der Waals surface area contributed by atoms with Crippen LogP contribution in [-0.2, 0) is 16.6 Å². The number of carbonyl (C=O) groups excluding carboxylic acids is 1. The fourth-order valence-electron chi connectivity index (χ4n) is 7.68. The molecule has 2 bridgehead atoms. The SMILES string of the molecule is O=C(NCCN1CCCCC1)C1CC23CCN(CC4CC4)C(Cc4ccc(O)cc42)C3(O)C1. The normalized spacial score (nSPS) is 36.3. The number of hydrogen-bond acceptors (Lipinski definition) is 5. The van der Waals surface area contributed by atoms with Gasteiger partial charge in [0, 0.05) is 37.0 Å². The Kier molecular flexibility index (Phi) is 5.46. The number of likely N-dealkylation sites (tertiary alicyclic amines) is 2. The Morgan fingerprint density at radius 1 is 1.12 bits per heavy atom. The zero-order chi connectivity index (χ0) is 22.6. The van der Waals surface area contributed by atoms with Gasteiger partial charge in [0.05, 0.1) is 5.60 Å². The van der Waals surface area contributed by atoms with Gasteiger partial charge >= 0.3 is 0 Å². The maximum absolute atomic E-state index is 13.3. The summed E-state index contributed by atoms with van der Waals surface area (Å²) < 4.78 is 0. The van der Waals surface area contributed by atoms with Crippen LogP contribution in [0.3, 0.4) is 0 Å². The molecule has 33 heavy (non-hydrogen) atoms. The predicted octanol–water partition coefficient (Wildman–Crippen LogP) is 2.41. The van der Waals surface area contributed by atoms with E-state index in [1.54, 1.807) is 6.07 Å². The molecule has 1 aromatic rings. The standard InChI is InChI=1S/C27H39N3O3/c31-22-7-6-20-14-24-27(33)17-21(25(32)28-9-13-29-10-2-1-3-11-29)16-26(27,23(20)15-22)8-12-30(24)18-19-4-5-19/h6-7,15,19,21,24,31,33H,1-5,8-14,16-18H2,(H,28,32). The fourth-order valence-corrected chi connectivity index (χ4v) is 7.68. The third kappa shape index (κ3) is 3.69. The molecule has 2 saturated heterocycles. The summed E-state index contributed by atoms with van der Waals surface area (Å²) in [4.78, 5) is 18.3. The van der Waals surface area contributed by atoms with Crippen LogP contribution in [0.4, 0.5) is 0 Å². The third-order valence-corrected chi connectivity index (χ3v) is 9.56. The molecule has 0 spiro atoms. The van der Waals surface area contributed by atoms with Crippen LogP contribution in [0.1, 0.15) is 62.5 Å². The van der Waals surface area contributed by atoms with Gasteiger partial charge in [-0.25, -0.2) is 0 Å². The fraction of sp³-hybridized carbons (Fsp3) is 0.741. The number of phenolic OH excluding ortho intramolecular Hbond substituents is 1. The highest BCUT2D eigenvalue weighted by Gasteiger charge is 2.68. The van der Waals surface area contributed by atoms with E-state index in [1.165, 1.54) is 37.7 Å². The van der Waals surface area contributed by atoms with Gasteiger partial charge in [0.2, 0.25) is 5.91 Å². The van der Waals surface area contributed by atoms with Gasteiger partial charge in [-0.1, -0.05) is 12.5 Å². The van der Waals surface area contributed by atoms with Gasteiger partial charge in [0.25, 0.3) is 0 Å². The molecule has 0 radical (unpaired) electrons. The van der Waals surface area contributed by atoms with Gasteiger partial charge in [0.15, 0.2) is 0 Å². The van der Waals surface area contributed by atoms with Gasteiger partial charge in [-0.3, -0.25) is 9.69 Å². The molecule has 5 aliphatic rings. The first-order valence-corrected chi connectivity index (χ1v) is 13.3. The maximum Gasteiger partial charge on any atom is 0.223 e. The van der Waals surface area contributed by atoms with Gasteiger partial charge in [-0.15, -0.1) is 0 Å². The largest absolute Gasteiger partial charge is 0.508 e. The van der Waals surface area contributed by atoms with Gasteiger partial charge in [0.1, 0.15) is 5.75 Å². The van der Waals surface area contributed by atoms with Crippen LogP contribution < -0.4 is 5.32 Å². The van der Waals surface area contributed by atoms with Crippen LogP contribution in [0.2, 0.25) is 0 Å². The van der Waals surface area contributed by atoms with Crippen LogP contribution >= 0.6 is 0 Å². The Morgan fingerprint density at radius 2 is 1.94 bits per heavy atom. The molecule has 180 valence electrons. The molecule has 3 N–H and O–H groups in total. The second-order valence-electron chi connectivity index (χ2n) is 11.6. The molecule has 3 aliphatic carbocycles. The first kappa shape index (κ1) is 21.9. The van der Waals surface area contributed by atoms with Crippen LogP contribution in [0.15, 0.2) is 18.2 Å². The number of nitrogens with one attached hydrogen (secondary N) is 1. The van der Waals surface area contributed by atoms with Crippen molar-refractivity contribution >= 4 is 5.91 Å². The minimum absolute atomic E-state index is 0.0649. The average Bonchev–Trinajstić information content (AvgIpc) is 3.56. The molecule has 0 aromatic heterocycles. The molecule has 2 aliphatic heterocycles. The van der Waals surface area contributed by atoms with Crippen molar-refractivity contribution in [2.24, 2.45) is 11.8 Å². The molecule has 6 rings (SSSR count). The topological polar surface area (TPSA) is 76.0 Å². The molecular formula is C27H39N3O3. The second kappa shape index (κ2) is 8.24. The number of rotatable bonds is 6. The molecule has 6 heteroatoms. The number of amides is 1. The summed E-state index contributed by atoms with van der Waals surface area (Å²) in [5, 5.41) is 25.9. The molecule has 4 fully saturated rings. The van der Waals surface area contributed by atoms with E-state index in [9.17, 15) is 15.0 Å². The summed E-state index contributed by atoms with van der Waals surface area (Å²) in [5.41, 5.74) is 0.999. The van der Waals surface area contributed by atoms with E-state index in [0.29, 0.717) is 19.4 Å². The zero-order valence-electron chi connectivity index (χ0n) is 19.8. The first-order valence-electron chi connectivity index (χ1n) is 13.3. The van der Waals surface area contributed by atoms with Crippen LogP contribution in [0.25, 0.3) is 0 Å². The first-order chi connectivity index (χ1) is 16.0. The number of nitrogens with zero attached hydrogens (tertiary/aromatic N) is 2. The molecule has 4 unspecified atom stereocenters. The smallest absolute Gasteiger partial charge is 0.223 e. The monoisotopic (exact) mass is 453 g/mol. The lowest BCUT2D eigenvalue weighted by Crippen LogP contribution is -2.69. The van der Waals surface area contributed by atoms with E-state index in [1.807, 2.05) is 12.1 Å². The molecule has 1 aromatic carbocycles. The van der Waals surface area contributed by atoms with E-state index in [0.717, 1.165) is 57.0 Å². The summed E-state index contributed by atoms with van der Waals surface area (Å²) in [5.74, 6) is 0.967. The van der Waals surface area contributed by atoms with Crippen LogP contribution in [-0.4, -0.2) is 76.8 Å². The Hall–Kier alpha value is -1.63. The van der Waals surface area contributed by atoms with E-state index >= 15 is 0 Å². The number of benzene rings is 1. The number of carbonyl (C=O) groups is 1. The molecule has 6 nitrogen and oxygen atoms in total. The van der Waals surface area contributed by atoms with Gasteiger partial charge < -0.3 is 20.4 Å². The van der Waals surface area contributed by atoms with E-state index in [4.69, 9.17) is 0 Å². The van der Waals surface area contributed by atoms with Crippen molar-refractivity contribution in [2.75, 3.05) is 39.3 Å². The third-order valence-electron chi connectivity index (χ3n) is 9.56. The van der Waals surface area contributed by atoms with Crippen molar-refractivity contribution in [3.8, 4) is 5.75 Å². The van der Waals surface area contributed by atoms with Crippen molar-refractivity contribution in [1.82, 2.24) is 15.1 Å². The number of fused-ring (bicyclic) bond motifs is 1. The van der Waals surface area contributed by atoms with Crippen molar-refractivity contribution < 1.29 is 15.0 Å². The quantitative estimate of drug-likeness (QED) is 0.617. The zero-order valence-corrected chi connectivity index (χ0v) is 19.8. The predicted molar refractivity (Wildman–Crippen MR) is 127 cm³/mol. The van der Waals surface area contributed by atoms with Crippen molar-refractivity contribution in [2.45, 2.75) is 74.8 Å². The number of aliphatic hydroxyl groups is 1. The number of hydrogen-bond donors (Lipinski definition) is 3. The van der Waals surface area contributed by atoms with E-state index in [-0.39, 0.29) is 23.6 Å². The van der Waals surface area contributed by atoms with Crippen LogP contribution in [0, 0.1) is 11.8 Å². The van der Waals surface area contributed by atoms with E-state index < -0.39 is 11.0 Å². The summed E-state index contributed by atoms with van der Waals surface area (Å²) in [6.07, 6.45) is 9.34. The van der Waals surface area contributed by atoms with Crippen molar-refractivity contribution in [3.63, 3.8) is 0 Å². The highest BCUT2D eigenvalue weighted by atomic mass is 16.3. The number of aromatic hydroxyl groups is 1. The summed E-state index contributed by atoms with van der Waals surface area (Å²) >= 11 is 0. The Labute approximate surface area is 197 Å². The molecule has 2 saturated carbocycles. The Bertz CT molecular complexity index is 912. The van der Waals surface area contributed by atoms with Crippen molar-refractivity contribution in [1.29, 1.82) is 0 Å². The van der Waals surface area contributed by atoms with Gasteiger partial charge in [-0.2, -0.15) is 0 Å². The second-order valence-corrected chi connectivity index (χ2v) is 11.6. The minimum atomic E-state index is -0.907. The number of phenols is 1. The van der Waals surface area contributed by atoms with E-state index in [2.05, 4.69) is 15.1 Å². The molecule has 1 amide bonds. The highest BCUT2D eigenvalue weighted by Crippen LogP contribution is 2.62. The lowest BCUT2D eigenvalue weighted by molar-refractivity contribution is -0.134. The molecular weight excluding hydrogens is 414 g/mol. The van der Waals surface area contributed by atoms with Gasteiger partial charge in [-0.05, 0) is 100 Å². The molecule has 4 atom stereocenters.